The van der Waals surface area contributed by atoms with Crippen molar-refractivity contribution >= 4 is 17.6 Å². The Morgan fingerprint density at radius 1 is 1.29 bits per heavy atom. The van der Waals surface area contributed by atoms with Crippen LogP contribution in [0.1, 0.15) is 36.0 Å². The molecule has 2 rings (SSSR count). The van der Waals surface area contributed by atoms with E-state index >= 15 is 0 Å². The van der Waals surface area contributed by atoms with Gasteiger partial charge in [0.05, 0.1) is 6.42 Å². The van der Waals surface area contributed by atoms with E-state index in [0.29, 0.717) is 6.42 Å². The number of carboxylic acids is 1. The molecular weight excluding hydrogens is 236 g/mol. The van der Waals surface area contributed by atoms with Crippen LogP contribution in [0.15, 0.2) is 18.2 Å². The molecule has 0 spiro atoms. The standard InChI is InChI=1S/C14H17ClO2/c15-13(9-14(16)17)8-10-5-6-11-3-1-2-4-12(11)7-10/h5-7,13H,1-4,8-9H2,(H,16,17). The van der Waals surface area contributed by atoms with Crippen LogP contribution in [-0.4, -0.2) is 16.5 Å². The quantitative estimate of drug-likeness (QED) is 0.836. The molecule has 1 aromatic carbocycles. The zero-order valence-corrected chi connectivity index (χ0v) is 10.5. The number of benzene rings is 1. The minimum atomic E-state index is -0.831. The number of carbonyl (C=O) groups is 1. The van der Waals surface area contributed by atoms with Crippen molar-refractivity contribution in [2.75, 3.05) is 0 Å². The lowest BCUT2D eigenvalue weighted by Crippen LogP contribution is -2.11. The van der Waals surface area contributed by atoms with Crippen molar-refractivity contribution in [2.24, 2.45) is 0 Å². The van der Waals surface area contributed by atoms with Crippen LogP contribution in [0.2, 0.25) is 0 Å². The molecule has 1 N–H and O–H groups in total. The third-order valence-corrected chi connectivity index (χ3v) is 3.57. The fourth-order valence-corrected chi connectivity index (χ4v) is 2.74. The number of hydrogen-bond acceptors (Lipinski definition) is 1. The van der Waals surface area contributed by atoms with Gasteiger partial charge in [-0.1, -0.05) is 18.2 Å². The second kappa shape index (κ2) is 5.54. The first-order chi connectivity index (χ1) is 8.15. The monoisotopic (exact) mass is 252 g/mol. The van der Waals surface area contributed by atoms with Crippen molar-refractivity contribution in [3.63, 3.8) is 0 Å². The summed E-state index contributed by atoms with van der Waals surface area (Å²) in [6.07, 6.45) is 5.53. The third-order valence-electron chi connectivity index (χ3n) is 3.27. The second-order valence-corrected chi connectivity index (χ2v) is 5.33. The molecule has 1 aliphatic rings. The first-order valence-corrected chi connectivity index (χ1v) is 6.55. The van der Waals surface area contributed by atoms with E-state index in [1.165, 1.54) is 30.4 Å². The minimum Gasteiger partial charge on any atom is -0.481 e. The number of carboxylic acid groups (broad SMARTS) is 1. The largest absolute Gasteiger partial charge is 0.481 e. The molecular formula is C14H17ClO2. The Hall–Kier alpha value is -1.02. The Morgan fingerprint density at radius 3 is 2.71 bits per heavy atom. The molecule has 0 aliphatic heterocycles. The molecule has 3 heteroatoms. The van der Waals surface area contributed by atoms with E-state index < -0.39 is 5.97 Å². The summed E-state index contributed by atoms with van der Waals surface area (Å²) in [5.41, 5.74) is 4.03. The van der Waals surface area contributed by atoms with Crippen LogP contribution in [0, 0.1) is 0 Å². The lowest BCUT2D eigenvalue weighted by Gasteiger charge is -2.17. The van der Waals surface area contributed by atoms with E-state index in [9.17, 15) is 4.79 Å². The average molecular weight is 253 g/mol. The van der Waals surface area contributed by atoms with E-state index in [1.807, 2.05) is 0 Å². The van der Waals surface area contributed by atoms with Crippen LogP contribution in [0.3, 0.4) is 0 Å². The first-order valence-electron chi connectivity index (χ1n) is 6.11. The first kappa shape index (κ1) is 12.4. The van der Waals surface area contributed by atoms with E-state index in [0.717, 1.165) is 12.0 Å². The lowest BCUT2D eigenvalue weighted by atomic mass is 9.89. The van der Waals surface area contributed by atoms with Crippen LogP contribution in [0.25, 0.3) is 0 Å². The molecule has 1 aliphatic carbocycles. The van der Waals surface area contributed by atoms with Crippen molar-refractivity contribution in [2.45, 2.75) is 43.9 Å². The van der Waals surface area contributed by atoms with Gasteiger partial charge in [0.15, 0.2) is 0 Å². The summed E-state index contributed by atoms with van der Waals surface area (Å²) in [6.45, 7) is 0. The van der Waals surface area contributed by atoms with Crippen molar-refractivity contribution in [3.05, 3.63) is 34.9 Å². The Balaban J connectivity index is 2.04. The van der Waals surface area contributed by atoms with Gasteiger partial charge in [0.25, 0.3) is 0 Å². The van der Waals surface area contributed by atoms with Crippen LogP contribution < -0.4 is 0 Å². The molecule has 0 fully saturated rings. The molecule has 17 heavy (non-hydrogen) atoms. The highest BCUT2D eigenvalue weighted by molar-refractivity contribution is 6.21. The predicted octanol–water partition coefficient (Wildman–Crippen LogP) is 3.19. The fraction of sp³-hybridized carbons (Fsp3) is 0.500. The van der Waals surface area contributed by atoms with Crippen molar-refractivity contribution in [1.29, 1.82) is 0 Å². The predicted molar refractivity (Wildman–Crippen MR) is 68.7 cm³/mol. The van der Waals surface area contributed by atoms with Gasteiger partial charge in [0.1, 0.15) is 0 Å². The maximum atomic E-state index is 10.5. The van der Waals surface area contributed by atoms with Gasteiger partial charge >= 0.3 is 5.97 Å². The highest BCUT2D eigenvalue weighted by Crippen LogP contribution is 2.23. The number of rotatable bonds is 4. The smallest absolute Gasteiger partial charge is 0.304 e. The summed E-state index contributed by atoms with van der Waals surface area (Å²) in [7, 11) is 0. The zero-order chi connectivity index (χ0) is 12.3. The Morgan fingerprint density at radius 2 is 2.00 bits per heavy atom. The number of alkyl halides is 1. The number of hydrogen-bond donors (Lipinski definition) is 1. The average Bonchev–Trinajstić information content (AvgIpc) is 2.27. The summed E-state index contributed by atoms with van der Waals surface area (Å²) in [5, 5.41) is 8.36. The summed E-state index contributed by atoms with van der Waals surface area (Å²) in [5.74, 6) is -0.831. The molecule has 92 valence electrons. The highest BCUT2D eigenvalue weighted by atomic mass is 35.5. The van der Waals surface area contributed by atoms with Crippen LogP contribution in [0.4, 0.5) is 0 Å². The molecule has 2 nitrogen and oxygen atoms in total. The molecule has 0 aromatic heterocycles. The van der Waals surface area contributed by atoms with Crippen molar-refractivity contribution in [1.82, 2.24) is 0 Å². The van der Waals surface area contributed by atoms with Crippen molar-refractivity contribution < 1.29 is 9.90 Å². The van der Waals surface area contributed by atoms with Gasteiger partial charge in [0.2, 0.25) is 0 Å². The topological polar surface area (TPSA) is 37.3 Å². The number of aliphatic carboxylic acids is 1. The number of halogens is 1. The zero-order valence-electron chi connectivity index (χ0n) is 9.79. The molecule has 1 aromatic rings. The SMILES string of the molecule is O=C(O)CC(Cl)Cc1ccc2c(c1)CCCC2. The fourth-order valence-electron chi connectivity index (χ4n) is 2.43. The molecule has 1 unspecified atom stereocenters. The van der Waals surface area contributed by atoms with E-state index in [4.69, 9.17) is 16.7 Å². The Kier molecular flexibility index (Phi) is 4.06. The molecule has 1 atom stereocenters. The second-order valence-electron chi connectivity index (χ2n) is 4.71. The van der Waals surface area contributed by atoms with E-state index in [-0.39, 0.29) is 11.8 Å². The molecule has 0 heterocycles. The van der Waals surface area contributed by atoms with E-state index in [2.05, 4.69) is 18.2 Å². The van der Waals surface area contributed by atoms with Gasteiger partial charge < -0.3 is 5.11 Å². The summed E-state index contributed by atoms with van der Waals surface area (Å²) >= 11 is 6.01. The maximum Gasteiger partial charge on any atom is 0.304 e. The third kappa shape index (κ3) is 3.47. The summed E-state index contributed by atoms with van der Waals surface area (Å²) in [6, 6.07) is 6.46. The van der Waals surface area contributed by atoms with Gasteiger partial charge in [-0.05, 0) is 48.8 Å². The van der Waals surface area contributed by atoms with Gasteiger partial charge in [-0.2, -0.15) is 0 Å². The van der Waals surface area contributed by atoms with Crippen LogP contribution in [0.5, 0.6) is 0 Å². The van der Waals surface area contributed by atoms with Gasteiger partial charge in [-0.25, -0.2) is 0 Å². The Bertz CT molecular complexity index is 415. The van der Waals surface area contributed by atoms with E-state index in [1.54, 1.807) is 0 Å². The van der Waals surface area contributed by atoms with Gasteiger partial charge in [-0.15, -0.1) is 11.6 Å². The molecule has 0 bridgehead atoms. The minimum absolute atomic E-state index is 0.0264. The van der Waals surface area contributed by atoms with Crippen LogP contribution in [-0.2, 0) is 24.1 Å². The maximum absolute atomic E-state index is 10.5. The molecule has 0 radical (unpaired) electrons. The molecule has 0 saturated heterocycles. The lowest BCUT2D eigenvalue weighted by molar-refractivity contribution is -0.137. The summed E-state index contributed by atoms with van der Waals surface area (Å²) in [4.78, 5) is 10.5. The molecule has 0 saturated carbocycles. The Labute approximate surface area is 107 Å². The van der Waals surface area contributed by atoms with Crippen LogP contribution >= 0.6 is 11.6 Å². The number of aryl methyl sites for hydroxylation is 2. The van der Waals surface area contributed by atoms with Gasteiger partial charge in [0, 0.05) is 5.38 Å². The normalized spacial score (nSPS) is 16.3. The number of fused-ring (bicyclic) bond motifs is 1. The molecule has 0 amide bonds. The van der Waals surface area contributed by atoms with Crippen molar-refractivity contribution in [3.8, 4) is 0 Å². The highest BCUT2D eigenvalue weighted by Gasteiger charge is 2.13. The summed E-state index contributed by atoms with van der Waals surface area (Å²) < 4.78 is 0. The van der Waals surface area contributed by atoms with Gasteiger partial charge in [-0.3, -0.25) is 4.79 Å².